The van der Waals surface area contributed by atoms with Gasteiger partial charge in [-0.05, 0) is 23.3 Å². The van der Waals surface area contributed by atoms with E-state index >= 15 is 0 Å². The number of benzene rings is 2. The number of hydrazone groups is 1. The van der Waals surface area contributed by atoms with Gasteiger partial charge in [-0.1, -0.05) is 42.5 Å². The molecule has 2 aromatic rings. The Bertz CT molecular complexity index is 1040. The number of anilines is 1. The van der Waals surface area contributed by atoms with Gasteiger partial charge in [0.1, 0.15) is 0 Å². The first-order chi connectivity index (χ1) is 13.9. The molecule has 0 fully saturated rings. The minimum absolute atomic E-state index is 0.0418. The van der Waals surface area contributed by atoms with Crippen LogP contribution in [0.3, 0.4) is 0 Å². The van der Waals surface area contributed by atoms with Crippen LogP contribution < -0.4 is 16.1 Å². The summed E-state index contributed by atoms with van der Waals surface area (Å²) in [6, 6.07) is 12.6. The van der Waals surface area contributed by atoms with Gasteiger partial charge in [-0.15, -0.1) is 0 Å². The molecule has 9 nitrogen and oxygen atoms in total. The molecular weight excluding hydrogens is 376 g/mol. The van der Waals surface area contributed by atoms with Gasteiger partial charge in [-0.2, -0.15) is 5.10 Å². The van der Waals surface area contributed by atoms with Crippen LogP contribution in [-0.4, -0.2) is 34.6 Å². The van der Waals surface area contributed by atoms with Gasteiger partial charge >= 0.3 is 12.0 Å². The number of amides is 4. The number of hydrogen-bond donors (Lipinski definition) is 4. The zero-order chi connectivity index (χ0) is 20.8. The summed E-state index contributed by atoms with van der Waals surface area (Å²) in [5.41, 5.74) is 4.60. The first-order valence-electron chi connectivity index (χ1n) is 8.50. The van der Waals surface area contributed by atoms with Crippen molar-refractivity contribution < 1.29 is 24.3 Å². The van der Waals surface area contributed by atoms with Crippen molar-refractivity contribution in [2.75, 3.05) is 5.32 Å². The highest BCUT2D eigenvalue weighted by atomic mass is 16.4. The Morgan fingerprint density at radius 3 is 2.52 bits per heavy atom. The van der Waals surface area contributed by atoms with Gasteiger partial charge in [-0.25, -0.2) is 10.2 Å². The summed E-state index contributed by atoms with van der Waals surface area (Å²) in [4.78, 5) is 46.2. The van der Waals surface area contributed by atoms with Gasteiger partial charge in [0, 0.05) is 11.6 Å². The number of rotatable bonds is 5. The first kappa shape index (κ1) is 19.5. The van der Waals surface area contributed by atoms with Crippen LogP contribution in [0.2, 0.25) is 0 Å². The number of fused-ring (bicyclic) bond motifs is 1. The molecule has 146 valence electrons. The molecule has 0 atom stereocenters. The number of nitrogens with one attached hydrogen (secondary N) is 3. The summed E-state index contributed by atoms with van der Waals surface area (Å²) in [6.07, 6.45) is 2.53. The van der Waals surface area contributed by atoms with E-state index in [0.29, 0.717) is 22.4 Å². The lowest BCUT2D eigenvalue weighted by atomic mass is 10.1. The van der Waals surface area contributed by atoms with Crippen molar-refractivity contribution in [2.24, 2.45) is 5.10 Å². The monoisotopic (exact) mass is 392 g/mol. The quantitative estimate of drug-likeness (QED) is 0.452. The molecule has 3 rings (SSSR count). The average molecular weight is 392 g/mol. The van der Waals surface area contributed by atoms with E-state index in [1.54, 1.807) is 48.5 Å². The largest absolute Gasteiger partial charge is 0.481 e. The predicted molar refractivity (Wildman–Crippen MR) is 105 cm³/mol. The Labute approximate surface area is 165 Å². The van der Waals surface area contributed by atoms with Crippen molar-refractivity contribution in [3.8, 4) is 0 Å². The molecule has 1 heterocycles. The molecule has 9 heteroatoms. The van der Waals surface area contributed by atoms with E-state index in [1.165, 1.54) is 6.08 Å². The smallest absolute Gasteiger partial charge is 0.342 e. The number of carbonyl (C=O) groups is 4. The van der Waals surface area contributed by atoms with Crippen LogP contribution in [0.15, 0.2) is 59.7 Å². The lowest BCUT2D eigenvalue weighted by Gasteiger charge is -2.01. The number of aliphatic carboxylic acids is 1. The molecule has 0 saturated heterocycles. The maximum absolute atomic E-state index is 11.9. The Balaban J connectivity index is 1.54. The van der Waals surface area contributed by atoms with Crippen LogP contribution in [0.5, 0.6) is 0 Å². The van der Waals surface area contributed by atoms with Crippen molar-refractivity contribution in [3.63, 3.8) is 0 Å². The molecule has 0 spiro atoms. The van der Waals surface area contributed by atoms with Gasteiger partial charge < -0.3 is 10.4 Å². The lowest BCUT2D eigenvalue weighted by molar-refractivity contribution is -0.136. The Hall–Kier alpha value is -4.27. The van der Waals surface area contributed by atoms with Crippen LogP contribution >= 0.6 is 0 Å². The minimum Gasteiger partial charge on any atom is -0.481 e. The predicted octanol–water partition coefficient (Wildman–Crippen LogP) is 1.51. The molecule has 0 bridgehead atoms. The van der Waals surface area contributed by atoms with Crippen LogP contribution in [0.4, 0.5) is 10.5 Å². The molecule has 0 aliphatic carbocycles. The minimum atomic E-state index is -0.930. The van der Waals surface area contributed by atoms with Crippen molar-refractivity contribution in [1.29, 1.82) is 0 Å². The molecule has 29 heavy (non-hydrogen) atoms. The van der Waals surface area contributed by atoms with Crippen LogP contribution in [0, 0.1) is 0 Å². The Morgan fingerprint density at radius 2 is 1.79 bits per heavy atom. The van der Waals surface area contributed by atoms with E-state index in [9.17, 15) is 19.2 Å². The van der Waals surface area contributed by atoms with Crippen LogP contribution in [0.25, 0.3) is 6.08 Å². The maximum Gasteiger partial charge on any atom is 0.342 e. The Kier molecular flexibility index (Phi) is 5.79. The summed E-state index contributed by atoms with van der Waals surface area (Å²) >= 11 is 0. The molecule has 1 aliphatic heterocycles. The van der Waals surface area contributed by atoms with E-state index in [0.717, 1.165) is 6.08 Å². The third-order valence-electron chi connectivity index (χ3n) is 3.91. The van der Waals surface area contributed by atoms with Crippen LogP contribution in [0.1, 0.15) is 16.7 Å². The molecular formula is C20H16N4O5. The summed E-state index contributed by atoms with van der Waals surface area (Å²) in [5.74, 6) is -2.07. The topological polar surface area (TPSA) is 137 Å². The number of carboxylic acids is 1. The molecule has 0 radical (unpaired) electrons. The van der Waals surface area contributed by atoms with Crippen molar-refractivity contribution >= 4 is 41.3 Å². The van der Waals surface area contributed by atoms with Crippen molar-refractivity contribution in [2.45, 2.75) is 6.42 Å². The zero-order valence-electron chi connectivity index (χ0n) is 15.0. The van der Waals surface area contributed by atoms with Gasteiger partial charge in [0.2, 0.25) is 0 Å². The van der Waals surface area contributed by atoms with Crippen LogP contribution in [-0.2, 0) is 20.8 Å². The fourth-order valence-corrected chi connectivity index (χ4v) is 2.59. The van der Waals surface area contributed by atoms with Crippen molar-refractivity contribution in [1.82, 2.24) is 10.7 Å². The highest BCUT2D eigenvalue weighted by molar-refractivity contribution is 6.53. The van der Waals surface area contributed by atoms with Crippen molar-refractivity contribution in [3.05, 3.63) is 71.3 Å². The fraction of sp³-hybridized carbons (Fsp3) is 0.0500. The molecule has 1 aliphatic rings. The third-order valence-corrected chi connectivity index (χ3v) is 3.91. The normalized spacial score (nSPS) is 13.8. The van der Waals surface area contributed by atoms with E-state index in [4.69, 9.17) is 5.11 Å². The highest BCUT2D eigenvalue weighted by Crippen LogP contribution is 2.22. The fourth-order valence-electron chi connectivity index (χ4n) is 2.59. The second kappa shape index (κ2) is 8.61. The van der Waals surface area contributed by atoms with E-state index in [1.807, 2.05) is 0 Å². The highest BCUT2D eigenvalue weighted by Gasteiger charge is 2.25. The Morgan fingerprint density at radius 1 is 1.07 bits per heavy atom. The second-order valence-electron chi connectivity index (χ2n) is 6.04. The van der Waals surface area contributed by atoms with Gasteiger partial charge in [-0.3, -0.25) is 19.7 Å². The first-order valence-corrected chi connectivity index (χ1v) is 8.50. The van der Waals surface area contributed by atoms with E-state index < -0.39 is 23.8 Å². The lowest BCUT2D eigenvalue weighted by Crippen LogP contribution is -2.37. The number of carbonyl (C=O) groups excluding carboxylic acids is 3. The van der Waals surface area contributed by atoms with Gasteiger partial charge in [0.15, 0.2) is 5.71 Å². The summed E-state index contributed by atoms with van der Waals surface area (Å²) in [6.45, 7) is 0. The number of para-hydroxylation sites is 1. The molecule has 0 unspecified atom stereocenters. The number of urea groups is 1. The number of hydrogen-bond acceptors (Lipinski definition) is 5. The number of carboxylic acid groups (broad SMARTS) is 1. The van der Waals surface area contributed by atoms with Gasteiger partial charge in [0.05, 0.1) is 12.1 Å². The van der Waals surface area contributed by atoms with E-state index in [2.05, 4.69) is 21.2 Å². The molecule has 4 N–H and O–H groups in total. The standard InChI is InChI=1S/C20H16N4O5/c25-16(10-9-12-5-7-13(8-6-12)11-17(26)27)22-20(29)24-23-18-14-3-1-2-4-15(14)21-19(18)28/h1-10H,11H2,(H,26,27)(H,21,23,28)(H2,22,24,25,29)/b10-9+. The molecule has 0 aromatic heterocycles. The van der Waals surface area contributed by atoms with E-state index in [-0.39, 0.29) is 12.1 Å². The molecule has 4 amide bonds. The molecule has 0 saturated carbocycles. The average Bonchev–Trinajstić information content (AvgIpc) is 3.00. The number of nitrogens with zero attached hydrogens (tertiary/aromatic N) is 1. The van der Waals surface area contributed by atoms with Gasteiger partial charge in [0.25, 0.3) is 11.8 Å². The SMILES string of the molecule is O=C(O)Cc1ccc(/C=C/C(=O)NC(=O)NN=C2C(=O)Nc3ccccc32)cc1. The summed E-state index contributed by atoms with van der Waals surface area (Å²) in [7, 11) is 0. The zero-order valence-corrected chi connectivity index (χ0v) is 15.0. The summed E-state index contributed by atoms with van der Waals surface area (Å²) < 4.78 is 0. The number of imide groups is 1. The second-order valence-corrected chi connectivity index (χ2v) is 6.04. The maximum atomic E-state index is 11.9. The summed E-state index contributed by atoms with van der Waals surface area (Å²) in [5, 5.41) is 17.2. The molecule has 2 aromatic carbocycles. The third kappa shape index (κ3) is 5.13.